The van der Waals surface area contributed by atoms with E-state index in [2.05, 4.69) is 22.6 Å². The summed E-state index contributed by atoms with van der Waals surface area (Å²) in [5, 5.41) is 0. The summed E-state index contributed by atoms with van der Waals surface area (Å²) in [6, 6.07) is 0. The standard InChI is InChI=1S/C10H17I/c11-8-9-6-10(7-9)4-2-1-3-5-10/h9H,1-8H2. The molecule has 0 aliphatic heterocycles. The molecule has 0 aromatic carbocycles. The third-order valence-corrected chi connectivity index (χ3v) is 4.82. The van der Waals surface area contributed by atoms with Crippen molar-refractivity contribution < 1.29 is 0 Å². The highest BCUT2D eigenvalue weighted by molar-refractivity contribution is 14.1. The molecule has 1 spiro atoms. The minimum atomic E-state index is 0.869. The Labute approximate surface area is 83.3 Å². The van der Waals surface area contributed by atoms with Crippen LogP contribution in [0.15, 0.2) is 0 Å². The SMILES string of the molecule is ICC1CC2(CCCCC2)C1. The molecular formula is C10H17I. The molecule has 64 valence electrons. The van der Waals surface area contributed by atoms with Crippen molar-refractivity contribution >= 4 is 22.6 Å². The molecule has 0 heterocycles. The van der Waals surface area contributed by atoms with Gasteiger partial charge in [0, 0.05) is 4.43 Å². The molecule has 2 aliphatic carbocycles. The summed E-state index contributed by atoms with van der Waals surface area (Å²) >= 11 is 2.54. The quantitative estimate of drug-likeness (QED) is 0.499. The molecule has 2 rings (SSSR count). The summed E-state index contributed by atoms with van der Waals surface area (Å²) in [5.74, 6) is 1.09. The normalized spacial score (nSPS) is 30.3. The van der Waals surface area contributed by atoms with Crippen molar-refractivity contribution in [2.45, 2.75) is 44.9 Å². The third-order valence-electron chi connectivity index (χ3n) is 3.58. The summed E-state index contributed by atoms with van der Waals surface area (Å²) < 4.78 is 1.40. The molecular weight excluding hydrogens is 247 g/mol. The van der Waals surface area contributed by atoms with Crippen LogP contribution in [0.2, 0.25) is 0 Å². The molecule has 0 bridgehead atoms. The van der Waals surface area contributed by atoms with Crippen molar-refractivity contribution in [3.8, 4) is 0 Å². The van der Waals surface area contributed by atoms with Gasteiger partial charge in [-0.1, -0.05) is 41.9 Å². The van der Waals surface area contributed by atoms with Crippen LogP contribution >= 0.6 is 22.6 Å². The Morgan fingerprint density at radius 3 is 2.27 bits per heavy atom. The van der Waals surface area contributed by atoms with Gasteiger partial charge < -0.3 is 0 Å². The van der Waals surface area contributed by atoms with Crippen LogP contribution < -0.4 is 0 Å². The number of hydrogen-bond acceptors (Lipinski definition) is 0. The third kappa shape index (κ3) is 1.58. The van der Waals surface area contributed by atoms with Gasteiger partial charge in [-0.3, -0.25) is 0 Å². The molecule has 0 amide bonds. The second kappa shape index (κ2) is 3.23. The molecule has 0 radical (unpaired) electrons. The highest BCUT2D eigenvalue weighted by atomic mass is 127. The van der Waals surface area contributed by atoms with Gasteiger partial charge in [0.25, 0.3) is 0 Å². The lowest BCUT2D eigenvalue weighted by Gasteiger charge is -2.50. The van der Waals surface area contributed by atoms with E-state index in [1.165, 1.54) is 23.7 Å². The van der Waals surface area contributed by atoms with E-state index < -0.39 is 0 Å². The van der Waals surface area contributed by atoms with E-state index >= 15 is 0 Å². The summed E-state index contributed by atoms with van der Waals surface area (Å²) in [5.41, 5.74) is 0.869. The van der Waals surface area contributed by atoms with Crippen LogP contribution in [0.5, 0.6) is 0 Å². The predicted octanol–water partition coefficient (Wildman–Crippen LogP) is 3.78. The van der Waals surface area contributed by atoms with Crippen LogP contribution in [0.4, 0.5) is 0 Å². The first-order chi connectivity index (χ1) is 5.35. The topological polar surface area (TPSA) is 0 Å². The Hall–Kier alpha value is 0.730. The number of hydrogen-bond donors (Lipinski definition) is 0. The molecule has 0 unspecified atom stereocenters. The van der Waals surface area contributed by atoms with Gasteiger partial charge in [0.1, 0.15) is 0 Å². The van der Waals surface area contributed by atoms with Crippen molar-refractivity contribution in [2.75, 3.05) is 4.43 Å². The van der Waals surface area contributed by atoms with E-state index in [1.807, 2.05) is 0 Å². The molecule has 2 fully saturated rings. The maximum Gasteiger partial charge on any atom is 0.00241 e. The summed E-state index contributed by atoms with van der Waals surface area (Å²) in [7, 11) is 0. The zero-order valence-electron chi connectivity index (χ0n) is 7.11. The van der Waals surface area contributed by atoms with Gasteiger partial charge in [-0.2, -0.15) is 0 Å². The molecule has 2 aliphatic rings. The van der Waals surface area contributed by atoms with Crippen LogP contribution in [0.3, 0.4) is 0 Å². The second-order valence-corrected chi connectivity index (χ2v) is 5.37. The highest BCUT2D eigenvalue weighted by Crippen LogP contribution is 2.55. The van der Waals surface area contributed by atoms with Crippen LogP contribution in [0, 0.1) is 11.3 Å². The fraction of sp³-hybridized carbons (Fsp3) is 1.00. The van der Waals surface area contributed by atoms with Gasteiger partial charge in [-0.25, -0.2) is 0 Å². The molecule has 11 heavy (non-hydrogen) atoms. The Morgan fingerprint density at radius 2 is 1.73 bits per heavy atom. The van der Waals surface area contributed by atoms with Gasteiger partial charge >= 0.3 is 0 Å². The van der Waals surface area contributed by atoms with Gasteiger partial charge in [-0.05, 0) is 37.0 Å². The minimum absolute atomic E-state index is 0.869. The summed E-state index contributed by atoms with van der Waals surface area (Å²) in [4.78, 5) is 0. The summed E-state index contributed by atoms with van der Waals surface area (Å²) in [6.45, 7) is 0. The number of halogens is 1. The van der Waals surface area contributed by atoms with Crippen molar-refractivity contribution in [3.05, 3.63) is 0 Å². The largest absolute Gasteiger partial charge is 0.0861 e. The minimum Gasteiger partial charge on any atom is -0.0861 e. The first-order valence-electron chi connectivity index (χ1n) is 4.91. The predicted molar refractivity (Wildman–Crippen MR) is 57.1 cm³/mol. The van der Waals surface area contributed by atoms with Crippen molar-refractivity contribution in [2.24, 2.45) is 11.3 Å². The van der Waals surface area contributed by atoms with Crippen molar-refractivity contribution in [1.82, 2.24) is 0 Å². The molecule has 2 saturated carbocycles. The Bertz CT molecular complexity index is 128. The molecule has 0 atom stereocenters. The van der Waals surface area contributed by atoms with Gasteiger partial charge in [0.15, 0.2) is 0 Å². The number of rotatable bonds is 1. The monoisotopic (exact) mass is 264 g/mol. The van der Waals surface area contributed by atoms with Crippen molar-refractivity contribution in [3.63, 3.8) is 0 Å². The lowest BCUT2D eigenvalue weighted by atomic mass is 9.56. The van der Waals surface area contributed by atoms with E-state index in [0.717, 1.165) is 11.3 Å². The van der Waals surface area contributed by atoms with Crippen LogP contribution in [0.25, 0.3) is 0 Å². The number of alkyl halides is 1. The first-order valence-corrected chi connectivity index (χ1v) is 6.43. The molecule has 0 nitrogen and oxygen atoms in total. The molecule has 1 heteroatoms. The fourth-order valence-electron chi connectivity index (χ4n) is 2.98. The van der Waals surface area contributed by atoms with E-state index in [1.54, 1.807) is 25.7 Å². The maximum atomic E-state index is 2.54. The highest BCUT2D eigenvalue weighted by Gasteiger charge is 2.43. The maximum absolute atomic E-state index is 2.54. The van der Waals surface area contributed by atoms with Crippen molar-refractivity contribution in [1.29, 1.82) is 0 Å². The molecule has 0 saturated heterocycles. The smallest absolute Gasteiger partial charge is 0.00241 e. The molecule has 0 aromatic rings. The van der Waals surface area contributed by atoms with E-state index in [4.69, 9.17) is 0 Å². The Balaban J connectivity index is 1.84. The van der Waals surface area contributed by atoms with Crippen LogP contribution in [0.1, 0.15) is 44.9 Å². The summed E-state index contributed by atoms with van der Waals surface area (Å²) in [6.07, 6.45) is 10.8. The zero-order valence-corrected chi connectivity index (χ0v) is 9.27. The first kappa shape index (κ1) is 8.33. The Morgan fingerprint density at radius 1 is 1.09 bits per heavy atom. The fourth-order valence-corrected chi connectivity index (χ4v) is 3.61. The van der Waals surface area contributed by atoms with Gasteiger partial charge in [-0.15, -0.1) is 0 Å². The van der Waals surface area contributed by atoms with E-state index in [-0.39, 0.29) is 0 Å². The second-order valence-electron chi connectivity index (χ2n) is 4.49. The molecule has 0 N–H and O–H groups in total. The van der Waals surface area contributed by atoms with E-state index in [0.29, 0.717) is 0 Å². The van der Waals surface area contributed by atoms with E-state index in [9.17, 15) is 0 Å². The van der Waals surface area contributed by atoms with Gasteiger partial charge in [0.05, 0.1) is 0 Å². The van der Waals surface area contributed by atoms with Crippen LogP contribution in [-0.2, 0) is 0 Å². The average Bonchev–Trinajstić information content (AvgIpc) is 2.01. The average molecular weight is 264 g/mol. The lowest BCUT2D eigenvalue weighted by molar-refractivity contribution is 0.0280. The Kier molecular flexibility index (Phi) is 2.45. The zero-order chi connectivity index (χ0) is 7.73. The lowest BCUT2D eigenvalue weighted by Crippen LogP contribution is -2.39. The molecule has 0 aromatic heterocycles. The van der Waals surface area contributed by atoms with Crippen LogP contribution in [-0.4, -0.2) is 4.43 Å². The van der Waals surface area contributed by atoms with Gasteiger partial charge in [0.2, 0.25) is 0 Å².